The van der Waals surface area contributed by atoms with Crippen molar-refractivity contribution in [2.75, 3.05) is 31.1 Å². The lowest BCUT2D eigenvalue weighted by Crippen LogP contribution is -2.48. The zero-order valence-electron chi connectivity index (χ0n) is 16.0. The molecule has 0 aliphatic carbocycles. The quantitative estimate of drug-likeness (QED) is 0.579. The largest absolute Gasteiger partial charge is 0.369 e. The maximum absolute atomic E-state index is 13.2. The standard InChI is InChI=1S/C20H20ClN3O3S3/c21-15-3-1-4-16(13-15)23-7-9-24(10-8-23)30(26,27)18-6-12-29-19(18)20(25)22-14-17-5-2-11-28-17/h1-6,11-13H,7-10,14H2,(H,22,25). The number of benzene rings is 1. The molecule has 0 atom stereocenters. The van der Waals surface area contributed by atoms with E-state index < -0.39 is 10.0 Å². The number of piperazine rings is 1. The highest BCUT2D eigenvalue weighted by atomic mass is 35.5. The highest BCUT2D eigenvalue weighted by molar-refractivity contribution is 7.89. The van der Waals surface area contributed by atoms with Crippen molar-refractivity contribution >= 4 is 55.9 Å². The molecule has 3 heterocycles. The number of nitrogens with zero attached hydrogens (tertiary/aromatic N) is 2. The van der Waals surface area contributed by atoms with Crippen molar-refractivity contribution in [2.45, 2.75) is 11.4 Å². The van der Waals surface area contributed by atoms with Crippen molar-refractivity contribution in [3.05, 3.63) is 68.0 Å². The number of rotatable bonds is 6. The summed E-state index contributed by atoms with van der Waals surface area (Å²) in [5.74, 6) is -0.366. The number of hydrogen-bond acceptors (Lipinski definition) is 6. The molecule has 3 aromatic rings. The van der Waals surface area contributed by atoms with Crippen molar-refractivity contribution in [1.82, 2.24) is 9.62 Å². The smallest absolute Gasteiger partial charge is 0.263 e. The van der Waals surface area contributed by atoms with E-state index in [4.69, 9.17) is 11.6 Å². The van der Waals surface area contributed by atoms with Crippen molar-refractivity contribution in [2.24, 2.45) is 0 Å². The molecule has 1 fully saturated rings. The Kier molecular flexibility index (Phi) is 6.45. The zero-order chi connectivity index (χ0) is 21.1. The van der Waals surface area contributed by atoms with Crippen LogP contribution in [0.25, 0.3) is 0 Å². The average Bonchev–Trinajstić information content (AvgIpc) is 3.44. The van der Waals surface area contributed by atoms with E-state index >= 15 is 0 Å². The van der Waals surface area contributed by atoms with Gasteiger partial charge < -0.3 is 10.2 Å². The number of carbonyl (C=O) groups is 1. The van der Waals surface area contributed by atoms with Crippen molar-refractivity contribution in [3.63, 3.8) is 0 Å². The van der Waals surface area contributed by atoms with E-state index in [9.17, 15) is 13.2 Å². The van der Waals surface area contributed by atoms with Crippen LogP contribution in [0.15, 0.2) is 58.1 Å². The SMILES string of the molecule is O=C(NCc1cccs1)c1sccc1S(=O)(=O)N1CCN(c2cccc(Cl)c2)CC1. The number of amides is 1. The molecule has 4 rings (SSSR count). The van der Waals surface area contributed by atoms with Crippen molar-refractivity contribution in [3.8, 4) is 0 Å². The molecule has 6 nitrogen and oxygen atoms in total. The number of sulfonamides is 1. The molecule has 1 aliphatic rings. The molecule has 1 amide bonds. The Morgan fingerprint density at radius 3 is 2.53 bits per heavy atom. The Morgan fingerprint density at radius 2 is 1.83 bits per heavy atom. The van der Waals surface area contributed by atoms with Gasteiger partial charge in [0, 0.05) is 41.8 Å². The number of hydrogen-bond donors (Lipinski definition) is 1. The third-order valence-corrected chi connectivity index (χ3v) is 8.96. The minimum atomic E-state index is -3.75. The van der Waals surface area contributed by atoms with E-state index in [1.165, 1.54) is 10.4 Å². The van der Waals surface area contributed by atoms with Gasteiger partial charge in [-0.1, -0.05) is 23.7 Å². The minimum Gasteiger partial charge on any atom is -0.369 e. The molecule has 0 bridgehead atoms. The van der Waals surface area contributed by atoms with Gasteiger partial charge in [0.15, 0.2) is 0 Å². The molecule has 0 radical (unpaired) electrons. The second-order valence-electron chi connectivity index (χ2n) is 6.75. The number of nitrogens with one attached hydrogen (secondary N) is 1. The molecule has 30 heavy (non-hydrogen) atoms. The first kappa shape index (κ1) is 21.3. The lowest BCUT2D eigenvalue weighted by Gasteiger charge is -2.35. The van der Waals surface area contributed by atoms with Crippen LogP contribution in [0.4, 0.5) is 5.69 Å². The van der Waals surface area contributed by atoms with E-state index in [0.29, 0.717) is 37.7 Å². The monoisotopic (exact) mass is 481 g/mol. The molecule has 0 spiro atoms. The van der Waals surface area contributed by atoms with Crippen LogP contribution < -0.4 is 10.2 Å². The molecule has 2 aromatic heterocycles. The van der Waals surface area contributed by atoms with Crippen LogP contribution >= 0.6 is 34.3 Å². The Morgan fingerprint density at radius 1 is 1.03 bits per heavy atom. The predicted molar refractivity (Wildman–Crippen MR) is 122 cm³/mol. The number of anilines is 1. The van der Waals surface area contributed by atoms with E-state index in [1.807, 2.05) is 41.8 Å². The number of carbonyl (C=O) groups excluding carboxylic acids is 1. The number of thiophene rings is 2. The number of halogens is 1. The van der Waals surface area contributed by atoms with Gasteiger partial charge in [0.1, 0.15) is 9.77 Å². The van der Waals surface area contributed by atoms with Crippen molar-refractivity contribution < 1.29 is 13.2 Å². The van der Waals surface area contributed by atoms with Gasteiger partial charge in [0.05, 0.1) is 6.54 Å². The first-order valence-electron chi connectivity index (χ1n) is 9.34. The Hall–Kier alpha value is -1.91. The van der Waals surface area contributed by atoms with E-state index in [1.54, 1.807) is 16.7 Å². The summed E-state index contributed by atoms with van der Waals surface area (Å²) < 4.78 is 27.9. The first-order chi connectivity index (χ1) is 14.4. The summed E-state index contributed by atoms with van der Waals surface area (Å²) in [5, 5.41) is 7.05. The maximum atomic E-state index is 13.2. The van der Waals surface area contributed by atoms with Crippen LogP contribution in [0.5, 0.6) is 0 Å². The van der Waals surface area contributed by atoms with Gasteiger partial charge in [-0.25, -0.2) is 8.42 Å². The molecular weight excluding hydrogens is 462 g/mol. The molecule has 1 aromatic carbocycles. The van der Waals surface area contributed by atoms with E-state index in [-0.39, 0.29) is 15.7 Å². The molecule has 158 valence electrons. The first-order valence-corrected chi connectivity index (χ1v) is 12.9. The van der Waals surface area contributed by atoms with Crippen LogP contribution in [-0.4, -0.2) is 44.8 Å². The molecule has 10 heteroatoms. The van der Waals surface area contributed by atoms with Gasteiger partial charge in [-0.15, -0.1) is 22.7 Å². The van der Waals surface area contributed by atoms with Gasteiger partial charge in [0.2, 0.25) is 10.0 Å². The van der Waals surface area contributed by atoms with Crippen molar-refractivity contribution in [1.29, 1.82) is 0 Å². The zero-order valence-corrected chi connectivity index (χ0v) is 19.2. The van der Waals surface area contributed by atoms with Gasteiger partial charge in [-0.3, -0.25) is 4.79 Å². The van der Waals surface area contributed by atoms with Crippen LogP contribution in [-0.2, 0) is 16.6 Å². The summed E-state index contributed by atoms with van der Waals surface area (Å²) in [6, 6.07) is 12.9. The molecule has 0 saturated carbocycles. The summed E-state index contributed by atoms with van der Waals surface area (Å²) in [6.45, 7) is 2.20. The summed E-state index contributed by atoms with van der Waals surface area (Å²) >= 11 is 8.76. The fourth-order valence-electron chi connectivity index (χ4n) is 3.33. The predicted octanol–water partition coefficient (Wildman–Crippen LogP) is 3.90. The fourth-order valence-corrected chi connectivity index (χ4v) is 6.89. The molecule has 0 unspecified atom stereocenters. The lowest BCUT2D eigenvalue weighted by molar-refractivity contribution is 0.0952. The topological polar surface area (TPSA) is 69.7 Å². The van der Waals surface area contributed by atoms with Crippen LogP contribution in [0, 0.1) is 0 Å². The van der Waals surface area contributed by atoms with E-state index in [2.05, 4.69) is 10.2 Å². The van der Waals surface area contributed by atoms with Gasteiger partial charge in [0.25, 0.3) is 5.91 Å². The van der Waals surface area contributed by atoms with Gasteiger partial charge in [-0.2, -0.15) is 4.31 Å². The molecule has 1 N–H and O–H groups in total. The summed E-state index contributed by atoms with van der Waals surface area (Å²) in [7, 11) is -3.75. The Labute approximate surface area is 188 Å². The van der Waals surface area contributed by atoms with Gasteiger partial charge in [-0.05, 0) is 41.1 Å². The maximum Gasteiger partial charge on any atom is 0.263 e. The summed E-state index contributed by atoms with van der Waals surface area (Å²) in [6.07, 6.45) is 0. The Bertz CT molecular complexity index is 1120. The van der Waals surface area contributed by atoms with Crippen LogP contribution in [0.1, 0.15) is 14.5 Å². The Balaban J connectivity index is 1.44. The van der Waals surface area contributed by atoms with Crippen LogP contribution in [0.3, 0.4) is 0 Å². The van der Waals surface area contributed by atoms with E-state index in [0.717, 1.165) is 21.9 Å². The summed E-state index contributed by atoms with van der Waals surface area (Å²) in [5.41, 5.74) is 0.976. The third-order valence-electron chi connectivity index (χ3n) is 4.87. The highest BCUT2D eigenvalue weighted by Crippen LogP contribution is 2.28. The molecular formula is C20H20ClN3O3S3. The second kappa shape index (κ2) is 9.07. The fraction of sp³-hybridized carbons (Fsp3) is 0.250. The molecule has 1 saturated heterocycles. The van der Waals surface area contributed by atoms with Crippen LogP contribution in [0.2, 0.25) is 5.02 Å². The second-order valence-corrected chi connectivity index (χ2v) is 11.0. The summed E-state index contributed by atoms with van der Waals surface area (Å²) in [4.78, 5) is 16.0. The minimum absolute atomic E-state index is 0.0763. The average molecular weight is 482 g/mol. The van der Waals surface area contributed by atoms with Gasteiger partial charge >= 0.3 is 0 Å². The normalized spacial score (nSPS) is 15.3. The highest BCUT2D eigenvalue weighted by Gasteiger charge is 2.32. The lowest BCUT2D eigenvalue weighted by atomic mass is 10.2. The molecule has 1 aliphatic heterocycles. The third kappa shape index (κ3) is 4.55.